The predicted octanol–water partition coefficient (Wildman–Crippen LogP) is 2.74. The summed E-state index contributed by atoms with van der Waals surface area (Å²) in [6, 6.07) is 12.5. The first kappa shape index (κ1) is 16.9. The van der Waals surface area contributed by atoms with Crippen molar-refractivity contribution in [3.05, 3.63) is 64.7 Å². The quantitative estimate of drug-likeness (QED) is 0.691. The van der Waals surface area contributed by atoms with Crippen LogP contribution in [0.3, 0.4) is 0 Å². The Morgan fingerprint density at radius 2 is 1.96 bits per heavy atom. The van der Waals surface area contributed by atoms with Crippen LogP contribution in [0.5, 0.6) is 0 Å². The fourth-order valence-electron chi connectivity index (χ4n) is 3.29. The van der Waals surface area contributed by atoms with Gasteiger partial charge in [-0.15, -0.1) is 6.42 Å². The normalized spacial score (nSPS) is 18.8. The number of ketones is 1. The van der Waals surface area contributed by atoms with Crippen LogP contribution in [0.1, 0.15) is 33.5 Å². The number of benzene rings is 2. The van der Waals surface area contributed by atoms with E-state index < -0.39 is 11.5 Å². The number of amides is 1. The zero-order chi connectivity index (χ0) is 18.2. The number of Topliss-reactive ketones (excluding diaryl/α,β-unsaturated/α-hetero) is 1. The lowest BCUT2D eigenvalue weighted by molar-refractivity contribution is -0.135. The molecule has 1 amide bonds. The molecule has 1 atom stereocenters. The van der Waals surface area contributed by atoms with Gasteiger partial charge in [0, 0.05) is 11.1 Å². The molecule has 0 aliphatic carbocycles. The minimum absolute atomic E-state index is 0.0514. The van der Waals surface area contributed by atoms with E-state index in [1.54, 1.807) is 30.3 Å². The number of rotatable bonds is 4. The summed E-state index contributed by atoms with van der Waals surface area (Å²) in [5.74, 6) is 1.61. The summed E-state index contributed by atoms with van der Waals surface area (Å²) in [6.07, 6.45) is 5.04. The molecule has 126 valence electrons. The van der Waals surface area contributed by atoms with Crippen molar-refractivity contribution in [2.24, 2.45) is 0 Å². The molecule has 0 unspecified atom stereocenters. The maximum absolute atomic E-state index is 12.8. The van der Waals surface area contributed by atoms with Crippen LogP contribution < -0.4 is 4.90 Å². The van der Waals surface area contributed by atoms with E-state index in [4.69, 9.17) is 6.42 Å². The molecule has 3 rings (SSSR count). The molecule has 0 bridgehead atoms. The van der Waals surface area contributed by atoms with Gasteiger partial charge in [-0.1, -0.05) is 41.8 Å². The molecule has 1 aliphatic heterocycles. The number of fused-ring (bicyclic) bond motifs is 1. The van der Waals surface area contributed by atoms with Crippen molar-refractivity contribution in [2.45, 2.75) is 25.9 Å². The van der Waals surface area contributed by atoms with Crippen molar-refractivity contribution in [2.75, 3.05) is 11.4 Å². The molecule has 0 aromatic heterocycles. The van der Waals surface area contributed by atoms with Crippen molar-refractivity contribution in [1.29, 1.82) is 0 Å². The molecule has 0 spiro atoms. The van der Waals surface area contributed by atoms with Gasteiger partial charge in [0.2, 0.25) is 0 Å². The first-order valence-electron chi connectivity index (χ1n) is 8.06. The number of carbonyl (C=O) groups excluding carboxylic acids is 2. The van der Waals surface area contributed by atoms with Crippen molar-refractivity contribution >= 4 is 17.4 Å². The number of carbonyl (C=O) groups is 2. The molecular formula is C21H19NO3. The molecule has 1 N–H and O–H groups in total. The van der Waals surface area contributed by atoms with Crippen molar-refractivity contribution in [3.8, 4) is 12.3 Å². The average Bonchev–Trinajstić information content (AvgIpc) is 2.80. The lowest BCUT2D eigenvalue weighted by Crippen LogP contribution is -2.42. The molecule has 0 saturated heterocycles. The van der Waals surface area contributed by atoms with Gasteiger partial charge in [-0.05, 0) is 31.5 Å². The van der Waals surface area contributed by atoms with E-state index in [1.165, 1.54) is 4.90 Å². The molecule has 0 radical (unpaired) electrons. The van der Waals surface area contributed by atoms with E-state index in [0.717, 1.165) is 11.1 Å². The number of aryl methyl sites for hydroxylation is 2. The van der Waals surface area contributed by atoms with Gasteiger partial charge in [-0.2, -0.15) is 0 Å². The third kappa shape index (κ3) is 2.73. The van der Waals surface area contributed by atoms with Gasteiger partial charge in [0.05, 0.1) is 18.7 Å². The third-order valence-corrected chi connectivity index (χ3v) is 4.60. The first-order valence-corrected chi connectivity index (χ1v) is 8.06. The molecule has 4 heteroatoms. The molecule has 2 aromatic rings. The van der Waals surface area contributed by atoms with E-state index in [2.05, 4.69) is 5.92 Å². The molecule has 1 heterocycles. The molecule has 0 fully saturated rings. The van der Waals surface area contributed by atoms with E-state index in [0.29, 0.717) is 16.8 Å². The highest BCUT2D eigenvalue weighted by Crippen LogP contribution is 2.42. The summed E-state index contributed by atoms with van der Waals surface area (Å²) in [7, 11) is 0. The maximum atomic E-state index is 12.8. The number of anilines is 1. The van der Waals surface area contributed by atoms with Crippen LogP contribution in [-0.4, -0.2) is 23.3 Å². The minimum Gasteiger partial charge on any atom is -0.375 e. The zero-order valence-electron chi connectivity index (χ0n) is 14.2. The summed E-state index contributed by atoms with van der Waals surface area (Å²) in [5.41, 5.74) is 1.39. The second-order valence-corrected chi connectivity index (χ2v) is 6.39. The molecule has 25 heavy (non-hydrogen) atoms. The summed E-state index contributed by atoms with van der Waals surface area (Å²) in [4.78, 5) is 27.0. The Morgan fingerprint density at radius 1 is 1.24 bits per heavy atom. The van der Waals surface area contributed by atoms with Crippen LogP contribution in [0.2, 0.25) is 0 Å². The van der Waals surface area contributed by atoms with E-state index in [1.807, 2.05) is 26.0 Å². The van der Waals surface area contributed by atoms with Crippen molar-refractivity contribution < 1.29 is 14.7 Å². The smallest absolute Gasteiger partial charge is 0.265 e. The average molecular weight is 333 g/mol. The fourth-order valence-corrected chi connectivity index (χ4v) is 3.29. The number of para-hydroxylation sites is 1. The highest BCUT2D eigenvalue weighted by Gasteiger charge is 2.50. The van der Waals surface area contributed by atoms with Crippen molar-refractivity contribution in [1.82, 2.24) is 0 Å². The van der Waals surface area contributed by atoms with E-state index in [9.17, 15) is 14.7 Å². The van der Waals surface area contributed by atoms with Gasteiger partial charge in [0.1, 0.15) is 0 Å². The number of hydrogen-bond acceptors (Lipinski definition) is 3. The molecule has 2 aromatic carbocycles. The Labute approximate surface area is 147 Å². The lowest BCUT2D eigenvalue weighted by atomic mass is 9.87. The number of aliphatic hydroxyl groups is 1. The minimum atomic E-state index is -1.89. The SMILES string of the molecule is C#CCN1C(=O)[C@@](O)(CC(=O)c2cc(C)ccc2C)c2ccccc21. The highest BCUT2D eigenvalue weighted by atomic mass is 16.3. The fraction of sp³-hybridized carbons (Fsp3) is 0.238. The van der Waals surface area contributed by atoms with Gasteiger partial charge < -0.3 is 5.11 Å². The van der Waals surface area contributed by atoms with Gasteiger partial charge in [-0.3, -0.25) is 14.5 Å². The first-order chi connectivity index (χ1) is 11.9. The highest BCUT2D eigenvalue weighted by molar-refractivity contribution is 6.11. The topological polar surface area (TPSA) is 57.6 Å². The number of nitrogens with zero attached hydrogens (tertiary/aromatic N) is 1. The van der Waals surface area contributed by atoms with Crippen LogP contribution in [0.4, 0.5) is 5.69 Å². The largest absolute Gasteiger partial charge is 0.375 e. The molecular weight excluding hydrogens is 314 g/mol. The Morgan fingerprint density at radius 3 is 2.68 bits per heavy atom. The van der Waals surface area contributed by atoms with Gasteiger partial charge in [0.15, 0.2) is 11.4 Å². The van der Waals surface area contributed by atoms with Crippen LogP contribution in [0.15, 0.2) is 42.5 Å². The molecule has 4 nitrogen and oxygen atoms in total. The Hall–Kier alpha value is -2.90. The Bertz CT molecular complexity index is 910. The Kier molecular flexibility index (Phi) is 4.20. The van der Waals surface area contributed by atoms with Gasteiger partial charge in [-0.25, -0.2) is 0 Å². The Balaban J connectivity index is 2.01. The second-order valence-electron chi connectivity index (χ2n) is 6.39. The number of terminal acetylenes is 1. The summed E-state index contributed by atoms with van der Waals surface area (Å²) in [6.45, 7) is 3.79. The lowest BCUT2D eigenvalue weighted by Gasteiger charge is -2.22. The second kappa shape index (κ2) is 6.19. The van der Waals surface area contributed by atoms with E-state index in [-0.39, 0.29) is 18.7 Å². The molecule has 1 aliphatic rings. The van der Waals surface area contributed by atoms with Gasteiger partial charge >= 0.3 is 0 Å². The van der Waals surface area contributed by atoms with Gasteiger partial charge in [0.25, 0.3) is 5.91 Å². The predicted molar refractivity (Wildman–Crippen MR) is 96.4 cm³/mol. The standard InChI is InChI=1S/C21H19NO3/c1-4-11-22-18-8-6-5-7-17(18)21(25,20(22)24)13-19(23)16-12-14(2)9-10-15(16)3/h1,5-10,12,25H,11,13H2,2-3H3/t21-/m1/s1. The summed E-state index contributed by atoms with van der Waals surface area (Å²) in [5, 5.41) is 11.1. The summed E-state index contributed by atoms with van der Waals surface area (Å²) < 4.78 is 0. The van der Waals surface area contributed by atoms with Crippen LogP contribution in [0.25, 0.3) is 0 Å². The monoisotopic (exact) mass is 333 g/mol. The molecule has 0 saturated carbocycles. The van der Waals surface area contributed by atoms with Crippen LogP contribution >= 0.6 is 0 Å². The van der Waals surface area contributed by atoms with Crippen LogP contribution in [-0.2, 0) is 10.4 Å². The summed E-state index contributed by atoms with van der Waals surface area (Å²) >= 11 is 0. The zero-order valence-corrected chi connectivity index (χ0v) is 14.2. The third-order valence-electron chi connectivity index (χ3n) is 4.60. The van der Waals surface area contributed by atoms with Crippen LogP contribution in [0, 0.1) is 26.2 Å². The maximum Gasteiger partial charge on any atom is 0.265 e. The van der Waals surface area contributed by atoms with Crippen molar-refractivity contribution in [3.63, 3.8) is 0 Å². The van der Waals surface area contributed by atoms with E-state index >= 15 is 0 Å². The number of hydrogen-bond donors (Lipinski definition) is 1.